The van der Waals surface area contributed by atoms with Crippen LogP contribution in [-0.2, 0) is 6.54 Å². The molecule has 2 atom stereocenters. The van der Waals surface area contributed by atoms with Crippen molar-refractivity contribution in [2.24, 2.45) is 0 Å². The van der Waals surface area contributed by atoms with Gasteiger partial charge in [0.2, 0.25) is 0 Å². The van der Waals surface area contributed by atoms with E-state index in [0.717, 1.165) is 30.8 Å². The van der Waals surface area contributed by atoms with Crippen molar-refractivity contribution >= 4 is 23.1 Å². The van der Waals surface area contributed by atoms with Gasteiger partial charge in [-0.1, -0.05) is 6.07 Å². The van der Waals surface area contributed by atoms with E-state index in [1.807, 2.05) is 35.6 Å². The highest BCUT2D eigenvalue weighted by atomic mass is 32.1. The zero-order valence-electron chi connectivity index (χ0n) is 15.7. The number of carbonyl (C=O) groups excluding carboxylic acids is 1. The van der Waals surface area contributed by atoms with E-state index in [9.17, 15) is 4.79 Å². The van der Waals surface area contributed by atoms with Gasteiger partial charge in [-0.05, 0) is 55.0 Å². The highest BCUT2D eigenvalue weighted by Crippen LogP contribution is 2.23. The van der Waals surface area contributed by atoms with E-state index in [4.69, 9.17) is 4.74 Å². The van der Waals surface area contributed by atoms with Gasteiger partial charge in [0, 0.05) is 24.6 Å². The van der Waals surface area contributed by atoms with Crippen LogP contribution in [0, 0.1) is 0 Å². The lowest BCUT2D eigenvalue weighted by atomic mass is 9.81. The van der Waals surface area contributed by atoms with Gasteiger partial charge in [-0.15, -0.1) is 11.3 Å². The second kappa shape index (κ2) is 8.31. The van der Waals surface area contributed by atoms with Gasteiger partial charge < -0.3 is 20.3 Å². The third-order valence-corrected chi connectivity index (χ3v) is 6.81. The number of anilines is 1. The molecule has 2 bridgehead atoms. The number of urea groups is 1. The Labute approximate surface area is 164 Å². The topological polar surface area (TPSA) is 54.8 Å². The lowest BCUT2D eigenvalue weighted by Gasteiger charge is -2.45. The zero-order chi connectivity index (χ0) is 18.6. The Hall–Kier alpha value is -2.05. The summed E-state index contributed by atoms with van der Waals surface area (Å²) in [5.41, 5.74) is 0.786. The standard InChI is InChI=1S/C21H27N3O2S/c1-26-19-9-7-15(8-10-19)22-21(25)23-16-12-17-4-2-5-18(13-16)24(17)14-20-6-3-11-27-20/h3,6-11,16-18H,2,4-5,12-14H2,1H3,(H2,22,23,25)/p+1/t17-,18-/m1/s1. The minimum Gasteiger partial charge on any atom is -0.497 e. The van der Waals surface area contributed by atoms with Gasteiger partial charge in [0.15, 0.2) is 0 Å². The Balaban J connectivity index is 1.33. The molecule has 0 saturated carbocycles. The first-order chi connectivity index (χ1) is 13.2. The Morgan fingerprint density at radius 2 is 1.93 bits per heavy atom. The van der Waals surface area contributed by atoms with E-state index in [-0.39, 0.29) is 12.1 Å². The number of nitrogens with one attached hydrogen (secondary N) is 3. The quantitative estimate of drug-likeness (QED) is 0.740. The van der Waals surface area contributed by atoms with Crippen molar-refractivity contribution in [3.63, 3.8) is 0 Å². The van der Waals surface area contributed by atoms with Crippen LogP contribution in [0.15, 0.2) is 41.8 Å². The number of piperidine rings is 2. The van der Waals surface area contributed by atoms with Crippen molar-refractivity contribution in [3.8, 4) is 5.75 Å². The molecule has 0 radical (unpaired) electrons. The first-order valence-corrected chi connectivity index (χ1v) is 10.7. The van der Waals surface area contributed by atoms with Gasteiger partial charge in [0.1, 0.15) is 12.3 Å². The lowest BCUT2D eigenvalue weighted by molar-refractivity contribution is -0.973. The summed E-state index contributed by atoms with van der Waals surface area (Å²) in [5, 5.41) is 8.32. The number of rotatable bonds is 5. The van der Waals surface area contributed by atoms with E-state index >= 15 is 0 Å². The zero-order valence-corrected chi connectivity index (χ0v) is 16.6. The summed E-state index contributed by atoms with van der Waals surface area (Å²) in [4.78, 5) is 15.6. The molecule has 27 heavy (non-hydrogen) atoms. The van der Waals surface area contributed by atoms with Gasteiger partial charge >= 0.3 is 6.03 Å². The van der Waals surface area contributed by atoms with Crippen LogP contribution in [0.1, 0.15) is 37.0 Å². The van der Waals surface area contributed by atoms with Gasteiger partial charge in [-0.3, -0.25) is 0 Å². The van der Waals surface area contributed by atoms with Gasteiger partial charge in [0.05, 0.1) is 24.1 Å². The molecule has 3 N–H and O–H groups in total. The van der Waals surface area contributed by atoms with Crippen LogP contribution in [-0.4, -0.2) is 31.3 Å². The summed E-state index contributed by atoms with van der Waals surface area (Å²) in [6.07, 6.45) is 6.03. The molecule has 0 spiro atoms. The number of hydrogen-bond donors (Lipinski definition) is 3. The number of amides is 2. The van der Waals surface area contributed by atoms with Crippen LogP contribution in [0.3, 0.4) is 0 Å². The molecular weight excluding hydrogens is 358 g/mol. The molecule has 2 fully saturated rings. The monoisotopic (exact) mass is 386 g/mol. The summed E-state index contributed by atoms with van der Waals surface area (Å²) in [5.74, 6) is 0.787. The third-order valence-electron chi connectivity index (χ3n) is 5.93. The largest absolute Gasteiger partial charge is 0.497 e. The summed E-state index contributed by atoms with van der Waals surface area (Å²) in [6.45, 7) is 1.14. The predicted molar refractivity (Wildman–Crippen MR) is 109 cm³/mol. The molecular formula is C21H28N3O2S+. The minimum atomic E-state index is -0.107. The molecule has 1 aromatic heterocycles. The van der Waals surface area contributed by atoms with Crippen molar-refractivity contribution in [2.45, 2.75) is 56.8 Å². The first-order valence-electron chi connectivity index (χ1n) is 9.81. The van der Waals surface area contributed by atoms with Crippen LogP contribution in [0.2, 0.25) is 0 Å². The highest BCUT2D eigenvalue weighted by Gasteiger charge is 2.42. The fourth-order valence-corrected chi connectivity index (χ4v) is 5.42. The van der Waals surface area contributed by atoms with Crippen molar-refractivity contribution in [1.82, 2.24) is 5.32 Å². The maximum Gasteiger partial charge on any atom is 0.319 e. The normalized spacial score (nSPS) is 27.0. The molecule has 6 heteroatoms. The molecule has 3 heterocycles. The van der Waals surface area contributed by atoms with Gasteiger partial charge in [-0.2, -0.15) is 0 Å². The highest BCUT2D eigenvalue weighted by molar-refractivity contribution is 7.09. The Morgan fingerprint density at radius 1 is 1.19 bits per heavy atom. The van der Waals surface area contributed by atoms with Gasteiger partial charge in [-0.25, -0.2) is 4.79 Å². The summed E-state index contributed by atoms with van der Waals surface area (Å²) >= 11 is 1.86. The van der Waals surface area contributed by atoms with Crippen LogP contribution in [0.4, 0.5) is 10.5 Å². The van der Waals surface area contributed by atoms with Crippen molar-refractivity contribution < 1.29 is 14.4 Å². The number of hydrogen-bond acceptors (Lipinski definition) is 3. The SMILES string of the molecule is COc1ccc(NC(=O)NC2C[C@H]3CCC[C@H](C2)[NH+]3Cc2cccs2)cc1. The molecule has 5 nitrogen and oxygen atoms in total. The van der Waals surface area contributed by atoms with E-state index in [2.05, 4.69) is 28.1 Å². The number of fused-ring (bicyclic) bond motifs is 2. The molecule has 2 aliphatic heterocycles. The van der Waals surface area contributed by atoms with E-state index in [1.165, 1.54) is 24.1 Å². The average Bonchev–Trinajstić information content (AvgIpc) is 3.16. The van der Waals surface area contributed by atoms with Crippen LogP contribution < -0.4 is 20.3 Å². The molecule has 144 valence electrons. The van der Waals surface area contributed by atoms with Crippen LogP contribution >= 0.6 is 11.3 Å². The van der Waals surface area contributed by atoms with Crippen molar-refractivity contribution in [1.29, 1.82) is 0 Å². The predicted octanol–water partition coefficient (Wildman–Crippen LogP) is 3.05. The smallest absolute Gasteiger partial charge is 0.319 e. The molecule has 2 aliphatic rings. The molecule has 4 rings (SSSR count). The molecule has 2 amide bonds. The van der Waals surface area contributed by atoms with E-state index < -0.39 is 0 Å². The fourth-order valence-electron chi connectivity index (χ4n) is 4.68. The Kier molecular flexibility index (Phi) is 5.64. The number of quaternary nitrogens is 1. The number of benzene rings is 1. The molecule has 2 aromatic rings. The maximum atomic E-state index is 12.4. The van der Waals surface area contributed by atoms with Crippen molar-refractivity contribution in [3.05, 3.63) is 46.7 Å². The van der Waals surface area contributed by atoms with E-state index in [1.54, 1.807) is 12.0 Å². The molecule has 1 aromatic carbocycles. The summed E-state index contributed by atoms with van der Waals surface area (Å²) in [6, 6.07) is 13.3. The van der Waals surface area contributed by atoms with Gasteiger partial charge in [0.25, 0.3) is 0 Å². The summed E-state index contributed by atoms with van der Waals surface area (Å²) in [7, 11) is 1.64. The lowest BCUT2D eigenvalue weighted by Crippen LogP contribution is -3.20. The van der Waals surface area contributed by atoms with Crippen LogP contribution in [0.5, 0.6) is 5.75 Å². The van der Waals surface area contributed by atoms with E-state index in [0.29, 0.717) is 12.1 Å². The molecule has 0 unspecified atom stereocenters. The Morgan fingerprint density at radius 3 is 2.56 bits per heavy atom. The third kappa shape index (κ3) is 4.45. The number of methoxy groups -OCH3 is 1. The minimum absolute atomic E-state index is 0.107. The maximum absolute atomic E-state index is 12.4. The van der Waals surface area contributed by atoms with Crippen LogP contribution in [0.25, 0.3) is 0 Å². The molecule has 0 aliphatic carbocycles. The number of carbonyl (C=O) groups is 1. The molecule has 2 saturated heterocycles. The number of thiophene rings is 1. The Bertz CT molecular complexity index is 733. The summed E-state index contributed by atoms with van der Waals surface area (Å²) < 4.78 is 5.16. The van der Waals surface area contributed by atoms with Crippen molar-refractivity contribution in [2.75, 3.05) is 12.4 Å². The second-order valence-corrected chi connectivity index (χ2v) is 8.68. The number of ether oxygens (including phenoxy) is 1. The second-order valence-electron chi connectivity index (χ2n) is 7.65. The first kappa shape index (κ1) is 18.3. The fraction of sp³-hybridized carbons (Fsp3) is 0.476. The average molecular weight is 387 g/mol.